The maximum absolute atomic E-state index is 6.29. The average molecular weight is 251 g/mol. The van der Waals surface area contributed by atoms with Gasteiger partial charge in [-0.15, -0.1) is 0 Å². The average Bonchev–Trinajstić information content (AvgIpc) is 2.43. The van der Waals surface area contributed by atoms with Crippen LogP contribution in [0.1, 0.15) is 31.9 Å². The first-order chi connectivity index (χ1) is 8.74. The van der Waals surface area contributed by atoms with E-state index in [4.69, 9.17) is 10.5 Å². The van der Waals surface area contributed by atoms with Gasteiger partial charge in [0, 0.05) is 32.1 Å². The molecule has 4 heteroatoms. The Morgan fingerprint density at radius 1 is 1.33 bits per heavy atom. The first-order valence-corrected chi connectivity index (χ1v) is 6.63. The summed E-state index contributed by atoms with van der Waals surface area (Å²) in [5, 5.41) is 0. The van der Waals surface area contributed by atoms with Gasteiger partial charge in [0.2, 0.25) is 0 Å². The molecule has 0 radical (unpaired) electrons. The van der Waals surface area contributed by atoms with Crippen molar-refractivity contribution in [1.29, 1.82) is 0 Å². The van der Waals surface area contributed by atoms with Crippen LogP contribution < -0.4 is 5.73 Å². The fourth-order valence-electron chi connectivity index (χ4n) is 2.22. The number of nitrogens with zero attached hydrogens (tertiary/aromatic N) is 2. The Balaban J connectivity index is 2.89. The molecule has 102 valence electrons. The number of rotatable bonds is 8. The maximum atomic E-state index is 6.29. The van der Waals surface area contributed by atoms with Crippen molar-refractivity contribution in [1.82, 2.24) is 9.88 Å². The molecule has 0 amide bonds. The number of methoxy groups -OCH3 is 1. The normalized spacial score (nSPS) is 14.7. The van der Waals surface area contributed by atoms with Crippen LogP contribution in [0.2, 0.25) is 0 Å². The van der Waals surface area contributed by atoms with Gasteiger partial charge in [-0.05, 0) is 30.7 Å². The van der Waals surface area contributed by atoms with Crippen LogP contribution in [-0.2, 0) is 4.74 Å². The Morgan fingerprint density at radius 2 is 2.00 bits per heavy atom. The lowest BCUT2D eigenvalue weighted by molar-refractivity contribution is 0.112. The highest BCUT2D eigenvalue weighted by Crippen LogP contribution is 2.24. The summed E-state index contributed by atoms with van der Waals surface area (Å²) in [5.74, 6) is 0. The lowest BCUT2D eigenvalue weighted by atomic mass is 9.97. The van der Waals surface area contributed by atoms with E-state index in [1.165, 1.54) is 5.56 Å². The van der Waals surface area contributed by atoms with Crippen molar-refractivity contribution in [2.75, 3.05) is 26.8 Å². The molecule has 2 atom stereocenters. The molecule has 1 rings (SSSR count). The second-order valence-electron chi connectivity index (χ2n) is 4.42. The van der Waals surface area contributed by atoms with Crippen LogP contribution in [-0.4, -0.2) is 42.7 Å². The van der Waals surface area contributed by atoms with Gasteiger partial charge < -0.3 is 10.5 Å². The molecule has 18 heavy (non-hydrogen) atoms. The summed E-state index contributed by atoms with van der Waals surface area (Å²) in [6.45, 7) is 6.87. The van der Waals surface area contributed by atoms with E-state index in [9.17, 15) is 0 Å². The molecule has 0 saturated carbocycles. The van der Waals surface area contributed by atoms with Gasteiger partial charge in [-0.25, -0.2) is 0 Å². The second-order valence-corrected chi connectivity index (χ2v) is 4.42. The second kappa shape index (κ2) is 8.19. The maximum Gasteiger partial charge on any atom is 0.0589 e. The Labute approximate surface area is 110 Å². The summed E-state index contributed by atoms with van der Waals surface area (Å²) in [6.07, 6.45) is 4.61. The van der Waals surface area contributed by atoms with Gasteiger partial charge in [-0.3, -0.25) is 9.88 Å². The predicted molar refractivity (Wildman–Crippen MR) is 74.4 cm³/mol. The Hall–Kier alpha value is -0.970. The highest BCUT2D eigenvalue weighted by atomic mass is 16.5. The number of aromatic nitrogens is 1. The summed E-state index contributed by atoms with van der Waals surface area (Å²) in [4.78, 5) is 6.44. The number of hydrogen-bond acceptors (Lipinski definition) is 4. The summed E-state index contributed by atoms with van der Waals surface area (Å²) in [7, 11) is 1.73. The number of pyridine rings is 1. The van der Waals surface area contributed by atoms with Gasteiger partial charge in [-0.2, -0.15) is 0 Å². The first kappa shape index (κ1) is 15.1. The van der Waals surface area contributed by atoms with Crippen LogP contribution in [0.25, 0.3) is 0 Å². The van der Waals surface area contributed by atoms with Gasteiger partial charge in [0.15, 0.2) is 0 Å². The van der Waals surface area contributed by atoms with Gasteiger partial charge >= 0.3 is 0 Å². The fourth-order valence-corrected chi connectivity index (χ4v) is 2.22. The quantitative estimate of drug-likeness (QED) is 0.766. The largest absolute Gasteiger partial charge is 0.383 e. The van der Waals surface area contributed by atoms with Gasteiger partial charge in [0.25, 0.3) is 0 Å². The highest BCUT2D eigenvalue weighted by molar-refractivity contribution is 5.17. The topological polar surface area (TPSA) is 51.4 Å². The molecule has 0 aromatic carbocycles. The fraction of sp³-hybridized carbons (Fsp3) is 0.643. The molecule has 0 aliphatic rings. The zero-order chi connectivity index (χ0) is 13.4. The van der Waals surface area contributed by atoms with Crippen molar-refractivity contribution >= 4 is 0 Å². The van der Waals surface area contributed by atoms with E-state index in [1.807, 2.05) is 12.4 Å². The van der Waals surface area contributed by atoms with E-state index >= 15 is 0 Å². The minimum Gasteiger partial charge on any atom is -0.383 e. The highest BCUT2D eigenvalue weighted by Gasteiger charge is 2.24. The number of ether oxygens (including phenoxy) is 1. The SMILES string of the molecule is CCC(N)C(c1ccncc1)N(CC)CCOC. The zero-order valence-electron chi connectivity index (χ0n) is 11.7. The summed E-state index contributed by atoms with van der Waals surface area (Å²) >= 11 is 0. The molecule has 1 aromatic rings. The molecule has 0 aliphatic heterocycles. The van der Waals surface area contributed by atoms with Gasteiger partial charge in [0.05, 0.1) is 12.6 Å². The molecular formula is C14H25N3O. The smallest absolute Gasteiger partial charge is 0.0589 e. The molecule has 2 N–H and O–H groups in total. The minimum atomic E-state index is 0.129. The molecule has 4 nitrogen and oxygen atoms in total. The van der Waals surface area contributed by atoms with E-state index < -0.39 is 0 Å². The lowest BCUT2D eigenvalue weighted by Gasteiger charge is -2.34. The third-order valence-electron chi connectivity index (χ3n) is 3.31. The number of hydrogen-bond donors (Lipinski definition) is 1. The van der Waals surface area contributed by atoms with E-state index in [0.29, 0.717) is 0 Å². The zero-order valence-corrected chi connectivity index (χ0v) is 11.7. The first-order valence-electron chi connectivity index (χ1n) is 6.63. The van der Waals surface area contributed by atoms with E-state index in [0.717, 1.165) is 26.1 Å². The molecule has 1 aromatic heterocycles. The molecule has 2 unspecified atom stereocenters. The molecule has 0 fully saturated rings. The Morgan fingerprint density at radius 3 is 2.50 bits per heavy atom. The number of nitrogens with two attached hydrogens (primary N) is 1. The summed E-state index contributed by atoms with van der Waals surface area (Å²) < 4.78 is 5.18. The molecule has 0 aliphatic carbocycles. The Bertz CT molecular complexity index is 318. The van der Waals surface area contributed by atoms with Crippen molar-refractivity contribution in [3.8, 4) is 0 Å². The van der Waals surface area contributed by atoms with Crippen LogP contribution in [0.3, 0.4) is 0 Å². The third kappa shape index (κ3) is 4.05. The third-order valence-corrected chi connectivity index (χ3v) is 3.31. The Kier molecular flexibility index (Phi) is 6.86. The van der Waals surface area contributed by atoms with Crippen molar-refractivity contribution in [2.24, 2.45) is 5.73 Å². The summed E-state index contributed by atoms with van der Waals surface area (Å²) in [5.41, 5.74) is 7.53. The summed E-state index contributed by atoms with van der Waals surface area (Å²) in [6, 6.07) is 4.47. The van der Waals surface area contributed by atoms with Crippen LogP contribution in [0, 0.1) is 0 Å². The van der Waals surface area contributed by atoms with E-state index in [1.54, 1.807) is 7.11 Å². The predicted octanol–water partition coefficient (Wildman–Crippen LogP) is 1.83. The van der Waals surface area contributed by atoms with Crippen molar-refractivity contribution in [3.63, 3.8) is 0 Å². The molecular weight excluding hydrogens is 226 g/mol. The number of likely N-dealkylation sites (N-methyl/N-ethyl adjacent to an activating group) is 1. The van der Waals surface area contributed by atoms with Crippen LogP contribution in [0.15, 0.2) is 24.5 Å². The van der Waals surface area contributed by atoms with E-state index in [-0.39, 0.29) is 12.1 Å². The van der Waals surface area contributed by atoms with Crippen molar-refractivity contribution in [3.05, 3.63) is 30.1 Å². The minimum absolute atomic E-state index is 0.129. The van der Waals surface area contributed by atoms with Crippen LogP contribution in [0.5, 0.6) is 0 Å². The van der Waals surface area contributed by atoms with Crippen molar-refractivity contribution < 1.29 is 4.74 Å². The van der Waals surface area contributed by atoms with Crippen LogP contribution >= 0.6 is 0 Å². The lowest BCUT2D eigenvalue weighted by Crippen LogP contribution is -2.42. The monoisotopic (exact) mass is 251 g/mol. The molecule has 1 heterocycles. The molecule has 0 saturated heterocycles. The van der Waals surface area contributed by atoms with Gasteiger partial charge in [-0.1, -0.05) is 13.8 Å². The standard InChI is InChI=1S/C14H25N3O/c1-4-13(15)14(12-6-8-16-9-7-12)17(5-2)10-11-18-3/h6-9,13-14H,4-5,10-11,15H2,1-3H3. The molecule has 0 bridgehead atoms. The van der Waals surface area contributed by atoms with Crippen LogP contribution in [0.4, 0.5) is 0 Å². The van der Waals surface area contributed by atoms with Gasteiger partial charge in [0.1, 0.15) is 0 Å². The molecule has 0 spiro atoms. The van der Waals surface area contributed by atoms with Crippen molar-refractivity contribution in [2.45, 2.75) is 32.4 Å². The van der Waals surface area contributed by atoms with E-state index in [2.05, 4.69) is 35.9 Å².